The lowest BCUT2D eigenvalue weighted by molar-refractivity contribution is 1.13. The highest BCUT2D eigenvalue weighted by molar-refractivity contribution is 14.1. The summed E-state index contributed by atoms with van der Waals surface area (Å²) in [6.45, 7) is 0. The molecular weight excluding hydrogens is 367 g/mol. The highest BCUT2D eigenvalue weighted by Crippen LogP contribution is 2.18. The van der Waals surface area contributed by atoms with Crippen molar-refractivity contribution in [1.29, 1.82) is 0 Å². The molecule has 1 heteroatoms. The van der Waals surface area contributed by atoms with Crippen molar-refractivity contribution in [2.75, 3.05) is 0 Å². The minimum absolute atomic E-state index is 0.999. The van der Waals surface area contributed by atoms with Crippen molar-refractivity contribution >= 4 is 22.6 Å². The van der Waals surface area contributed by atoms with Crippen molar-refractivity contribution in [2.45, 2.75) is 12.8 Å². The van der Waals surface area contributed by atoms with Gasteiger partial charge in [-0.15, -0.1) is 0 Å². The van der Waals surface area contributed by atoms with E-state index in [1.54, 1.807) is 0 Å². The van der Waals surface area contributed by atoms with Gasteiger partial charge in [0.1, 0.15) is 0 Å². The molecule has 0 heterocycles. The Morgan fingerprint density at radius 2 is 0.952 bits per heavy atom. The normalized spacial score (nSPS) is 10.5. The molecule has 0 N–H and O–H groups in total. The van der Waals surface area contributed by atoms with Crippen LogP contribution in [0, 0.1) is 3.57 Å². The van der Waals surface area contributed by atoms with Gasteiger partial charge in [-0.1, -0.05) is 66.7 Å². The quantitative estimate of drug-likeness (QED) is 0.523. The average molecular weight is 384 g/mol. The molecule has 0 amide bonds. The smallest absolute Gasteiger partial charge is 0.0136 e. The average Bonchev–Trinajstić information content (AvgIpc) is 2.48. The molecule has 0 saturated heterocycles. The van der Waals surface area contributed by atoms with E-state index in [1.165, 1.54) is 25.8 Å². The summed E-state index contributed by atoms with van der Waals surface area (Å²) in [6, 6.07) is 28.2. The van der Waals surface area contributed by atoms with Crippen LogP contribution in [-0.4, -0.2) is 0 Å². The van der Waals surface area contributed by atoms with Crippen molar-refractivity contribution < 1.29 is 0 Å². The van der Waals surface area contributed by atoms with E-state index >= 15 is 0 Å². The lowest BCUT2D eigenvalue weighted by Crippen LogP contribution is -1.94. The van der Waals surface area contributed by atoms with E-state index < -0.39 is 0 Å². The SMILES string of the molecule is Ic1cc(Cc2ccccc2)cc(Cc2ccccc2)c1. The fourth-order valence-corrected chi connectivity index (χ4v) is 3.38. The zero-order valence-corrected chi connectivity index (χ0v) is 14.0. The Hall–Kier alpha value is -1.61. The molecular formula is C20H17I. The van der Waals surface area contributed by atoms with Crippen LogP contribution in [0.5, 0.6) is 0 Å². The summed E-state index contributed by atoms with van der Waals surface area (Å²) in [6.07, 6.45) is 2.00. The van der Waals surface area contributed by atoms with Gasteiger partial charge in [-0.25, -0.2) is 0 Å². The third-order valence-electron chi connectivity index (χ3n) is 3.52. The van der Waals surface area contributed by atoms with E-state index in [-0.39, 0.29) is 0 Å². The first-order valence-corrected chi connectivity index (χ1v) is 8.24. The number of hydrogen-bond donors (Lipinski definition) is 0. The Labute approximate surface area is 140 Å². The monoisotopic (exact) mass is 384 g/mol. The number of benzene rings is 3. The summed E-state index contributed by atoms with van der Waals surface area (Å²) >= 11 is 2.42. The zero-order valence-electron chi connectivity index (χ0n) is 11.8. The first kappa shape index (κ1) is 14.3. The van der Waals surface area contributed by atoms with Gasteiger partial charge >= 0.3 is 0 Å². The molecule has 0 spiro atoms. The lowest BCUT2D eigenvalue weighted by atomic mass is 9.99. The first-order chi connectivity index (χ1) is 10.3. The van der Waals surface area contributed by atoms with Gasteiger partial charge in [-0.05, 0) is 69.8 Å². The Morgan fingerprint density at radius 1 is 0.524 bits per heavy atom. The summed E-state index contributed by atoms with van der Waals surface area (Å²) < 4.78 is 1.31. The van der Waals surface area contributed by atoms with Crippen LogP contribution in [0.3, 0.4) is 0 Å². The van der Waals surface area contributed by atoms with Gasteiger partial charge in [0, 0.05) is 3.57 Å². The summed E-state index contributed by atoms with van der Waals surface area (Å²) in [5.41, 5.74) is 5.51. The molecule has 0 aliphatic carbocycles. The minimum atomic E-state index is 0.999. The molecule has 3 aromatic rings. The molecule has 0 nitrogen and oxygen atoms in total. The van der Waals surface area contributed by atoms with Crippen molar-refractivity contribution in [2.24, 2.45) is 0 Å². The largest absolute Gasteiger partial charge is 0.0622 e. The molecule has 0 radical (unpaired) electrons. The third kappa shape index (κ3) is 4.18. The molecule has 0 saturated carbocycles. The molecule has 104 valence electrons. The molecule has 0 aromatic heterocycles. The van der Waals surface area contributed by atoms with Crippen molar-refractivity contribution in [3.05, 3.63) is 105 Å². The van der Waals surface area contributed by atoms with Crippen molar-refractivity contribution in [1.82, 2.24) is 0 Å². The van der Waals surface area contributed by atoms with Crippen LogP contribution < -0.4 is 0 Å². The van der Waals surface area contributed by atoms with Gasteiger partial charge < -0.3 is 0 Å². The van der Waals surface area contributed by atoms with Gasteiger partial charge in [-0.2, -0.15) is 0 Å². The maximum absolute atomic E-state index is 2.42. The number of hydrogen-bond acceptors (Lipinski definition) is 0. The Morgan fingerprint density at radius 3 is 1.38 bits per heavy atom. The predicted molar refractivity (Wildman–Crippen MR) is 97.7 cm³/mol. The molecule has 3 aromatic carbocycles. The maximum atomic E-state index is 2.42. The van der Waals surface area contributed by atoms with Crippen LogP contribution in [0.25, 0.3) is 0 Å². The van der Waals surface area contributed by atoms with E-state index in [2.05, 4.69) is 101 Å². The highest BCUT2D eigenvalue weighted by atomic mass is 127. The van der Waals surface area contributed by atoms with Crippen LogP contribution in [-0.2, 0) is 12.8 Å². The number of rotatable bonds is 4. The molecule has 3 rings (SSSR count). The van der Waals surface area contributed by atoms with Crippen LogP contribution in [0.4, 0.5) is 0 Å². The molecule has 0 fully saturated rings. The Balaban J connectivity index is 1.83. The third-order valence-corrected chi connectivity index (χ3v) is 4.14. The van der Waals surface area contributed by atoms with Gasteiger partial charge in [0.05, 0.1) is 0 Å². The zero-order chi connectivity index (χ0) is 14.5. The van der Waals surface area contributed by atoms with Crippen LogP contribution in [0.2, 0.25) is 0 Å². The minimum Gasteiger partial charge on any atom is -0.0622 e. The maximum Gasteiger partial charge on any atom is 0.0136 e. The first-order valence-electron chi connectivity index (χ1n) is 7.16. The Kier molecular flexibility index (Phi) is 4.71. The molecule has 0 aliphatic heterocycles. The van der Waals surface area contributed by atoms with E-state index in [0.717, 1.165) is 12.8 Å². The van der Waals surface area contributed by atoms with E-state index in [1.807, 2.05) is 0 Å². The molecule has 21 heavy (non-hydrogen) atoms. The molecule has 0 unspecified atom stereocenters. The standard InChI is InChI=1S/C20H17I/c21-20-14-18(11-16-7-3-1-4-8-16)13-19(15-20)12-17-9-5-2-6-10-17/h1-10,13-15H,11-12H2. The second-order valence-electron chi connectivity index (χ2n) is 5.29. The van der Waals surface area contributed by atoms with E-state index in [0.29, 0.717) is 0 Å². The summed E-state index contributed by atoms with van der Waals surface area (Å²) in [5, 5.41) is 0. The van der Waals surface area contributed by atoms with Crippen molar-refractivity contribution in [3.8, 4) is 0 Å². The molecule has 0 bridgehead atoms. The van der Waals surface area contributed by atoms with Gasteiger partial charge in [-0.3, -0.25) is 0 Å². The van der Waals surface area contributed by atoms with Crippen LogP contribution in [0.1, 0.15) is 22.3 Å². The van der Waals surface area contributed by atoms with E-state index in [4.69, 9.17) is 0 Å². The lowest BCUT2D eigenvalue weighted by Gasteiger charge is -2.08. The topological polar surface area (TPSA) is 0 Å². The van der Waals surface area contributed by atoms with Crippen LogP contribution >= 0.6 is 22.6 Å². The van der Waals surface area contributed by atoms with Crippen LogP contribution in [0.15, 0.2) is 78.9 Å². The second kappa shape index (κ2) is 6.90. The fraction of sp³-hybridized carbons (Fsp3) is 0.100. The Bertz CT molecular complexity index is 643. The predicted octanol–water partition coefficient (Wildman–Crippen LogP) is 5.47. The fourth-order valence-electron chi connectivity index (χ4n) is 2.58. The summed E-state index contributed by atoms with van der Waals surface area (Å²) in [4.78, 5) is 0. The molecule has 0 atom stereocenters. The highest BCUT2D eigenvalue weighted by Gasteiger charge is 2.02. The van der Waals surface area contributed by atoms with Crippen molar-refractivity contribution in [3.63, 3.8) is 0 Å². The second-order valence-corrected chi connectivity index (χ2v) is 6.54. The summed E-state index contributed by atoms with van der Waals surface area (Å²) in [7, 11) is 0. The molecule has 0 aliphatic rings. The van der Waals surface area contributed by atoms with Gasteiger partial charge in [0.2, 0.25) is 0 Å². The van der Waals surface area contributed by atoms with Gasteiger partial charge in [0.15, 0.2) is 0 Å². The van der Waals surface area contributed by atoms with E-state index in [9.17, 15) is 0 Å². The number of halogens is 1. The summed E-state index contributed by atoms with van der Waals surface area (Å²) in [5.74, 6) is 0. The van der Waals surface area contributed by atoms with Gasteiger partial charge in [0.25, 0.3) is 0 Å².